The minimum atomic E-state index is 1.03. The van der Waals surface area contributed by atoms with Crippen LogP contribution in [0.4, 0.5) is 0 Å². The van der Waals surface area contributed by atoms with Crippen molar-refractivity contribution in [2.75, 3.05) is 0 Å². The molecule has 0 unspecified atom stereocenters. The second kappa shape index (κ2) is 4.43. The lowest BCUT2D eigenvalue weighted by molar-refractivity contribution is -0.678. The molecule has 1 aromatic carbocycles. The molecule has 1 aromatic heterocycles. The van der Waals surface area contributed by atoms with Gasteiger partial charge in [-0.3, -0.25) is 0 Å². The van der Waals surface area contributed by atoms with Crippen LogP contribution >= 0.6 is 0 Å². The van der Waals surface area contributed by atoms with Crippen LogP contribution in [0.2, 0.25) is 0 Å². The molecule has 0 radical (unpaired) electrons. The molecule has 21 heavy (non-hydrogen) atoms. The molecule has 0 saturated carbocycles. The number of hydrogen-bond donors (Lipinski definition) is 0. The van der Waals surface area contributed by atoms with Gasteiger partial charge in [0.15, 0.2) is 12.2 Å². The van der Waals surface area contributed by atoms with Gasteiger partial charge < -0.3 is 0 Å². The van der Waals surface area contributed by atoms with Crippen LogP contribution in [0.1, 0.15) is 50.2 Å². The summed E-state index contributed by atoms with van der Waals surface area (Å²) in [6.45, 7) is 19.2. The molecule has 1 heteroatoms. The van der Waals surface area contributed by atoms with E-state index in [1.807, 2.05) is 0 Å². The maximum atomic E-state index is 2.53. The summed E-state index contributed by atoms with van der Waals surface area (Å²) in [6.07, 6.45) is 0. The summed E-state index contributed by atoms with van der Waals surface area (Å²) in [4.78, 5) is 0. The van der Waals surface area contributed by atoms with E-state index in [2.05, 4.69) is 60.0 Å². The maximum Gasteiger partial charge on any atom is 0.217 e. The van der Waals surface area contributed by atoms with Crippen molar-refractivity contribution < 1.29 is 4.57 Å². The van der Waals surface area contributed by atoms with Gasteiger partial charge >= 0.3 is 0 Å². The van der Waals surface area contributed by atoms with Crippen LogP contribution in [0.25, 0.3) is 11.3 Å². The van der Waals surface area contributed by atoms with Crippen LogP contribution in [-0.4, -0.2) is 0 Å². The average Bonchev–Trinajstić information content (AvgIpc) is 2.87. The van der Waals surface area contributed by atoms with Crippen molar-refractivity contribution in [2.24, 2.45) is 0 Å². The molecule has 0 bridgehead atoms. The summed E-state index contributed by atoms with van der Waals surface area (Å²) in [7, 11) is 0. The zero-order chi connectivity index (χ0) is 15.6. The predicted octanol–water partition coefficient (Wildman–Crippen LogP) is 4.47. The molecule has 1 aliphatic rings. The van der Waals surface area contributed by atoms with Crippen LogP contribution in [0.15, 0.2) is 0 Å². The van der Waals surface area contributed by atoms with Crippen molar-refractivity contribution in [3.8, 4) is 11.3 Å². The largest absolute Gasteiger partial charge is 0.217 e. The van der Waals surface area contributed by atoms with Crippen LogP contribution < -0.4 is 4.57 Å². The van der Waals surface area contributed by atoms with Gasteiger partial charge in [0.05, 0.1) is 5.56 Å². The fraction of sp³-hybridized carbons (Fsp3) is 0.450. The Kier molecular flexibility index (Phi) is 3.02. The molecule has 0 saturated heterocycles. The Hall–Kier alpha value is -1.63. The third-order valence-electron chi connectivity index (χ3n) is 6.07. The van der Waals surface area contributed by atoms with Crippen molar-refractivity contribution in [3.63, 3.8) is 0 Å². The summed E-state index contributed by atoms with van der Waals surface area (Å²) < 4.78 is 2.53. The number of nitrogens with zero attached hydrogens (tertiary/aromatic N) is 1. The van der Waals surface area contributed by atoms with Crippen molar-refractivity contribution >= 4 is 0 Å². The molecule has 0 N–H and O–H groups in total. The highest BCUT2D eigenvalue weighted by molar-refractivity contribution is 5.75. The number of rotatable bonds is 0. The molecule has 0 atom stereocenters. The van der Waals surface area contributed by atoms with Crippen molar-refractivity contribution in [3.05, 3.63) is 50.2 Å². The van der Waals surface area contributed by atoms with Gasteiger partial charge in [0, 0.05) is 23.6 Å². The summed E-state index contributed by atoms with van der Waals surface area (Å²) in [5, 5.41) is 0. The fourth-order valence-corrected chi connectivity index (χ4v) is 3.89. The van der Waals surface area contributed by atoms with Gasteiger partial charge in [0.1, 0.15) is 0 Å². The van der Waals surface area contributed by atoms with E-state index >= 15 is 0 Å². The zero-order valence-corrected chi connectivity index (χ0v) is 14.7. The molecule has 2 heterocycles. The Morgan fingerprint density at radius 3 is 1.71 bits per heavy atom. The monoisotopic (exact) mass is 280 g/mol. The van der Waals surface area contributed by atoms with Crippen LogP contribution in [0, 0.1) is 55.4 Å². The minimum Gasteiger partial charge on any atom is -0.191 e. The number of hydrogen-bond acceptors (Lipinski definition) is 0. The van der Waals surface area contributed by atoms with Crippen molar-refractivity contribution in [1.82, 2.24) is 0 Å². The van der Waals surface area contributed by atoms with Gasteiger partial charge in [-0.2, -0.15) is 4.57 Å². The topological polar surface area (TPSA) is 3.88 Å². The SMILES string of the molecule is Cc1c(C)c(C)c2c(c1C)C[n+]1c(C)c(C)c(C)c(C)c1-2. The van der Waals surface area contributed by atoms with Crippen LogP contribution in [0.5, 0.6) is 0 Å². The van der Waals surface area contributed by atoms with Gasteiger partial charge in [0.2, 0.25) is 5.69 Å². The van der Waals surface area contributed by atoms with Gasteiger partial charge in [-0.1, -0.05) is 0 Å². The molecule has 3 rings (SSSR count). The smallest absolute Gasteiger partial charge is 0.191 e. The first-order valence-electron chi connectivity index (χ1n) is 7.87. The van der Waals surface area contributed by atoms with E-state index in [-0.39, 0.29) is 0 Å². The first kappa shape index (κ1) is 14.3. The van der Waals surface area contributed by atoms with E-state index in [1.54, 1.807) is 0 Å². The fourth-order valence-electron chi connectivity index (χ4n) is 3.89. The van der Waals surface area contributed by atoms with E-state index in [1.165, 1.54) is 61.5 Å². The molecule has 0 amide bonds. The Morgan fingerprint density at radius 2 is 1.10 bits per heavy atom. The third kappa shape index (κ3) is 1.67. The first-order valence-corrected chi connectivity index (χ1v) is 7.87. The highest BCUT2D eigenvalue weighted by Crippen LogP contribution is 2.39. The lowest BCUT2D eigenvalue weighted by Crippen LogP contribution is -2.38. The van der Waals surface area contributed by atoms with Gasteiger partial charge in [-0.05, 0) is 76.3 Å². The average molecular weight is 280 g/mol. The second-order valence-corrected chi connectivity index (χ2v) is 6.75. The molecule has 1 nitrogen and oxygen atoms in total. The molecular weight excluding hydrogens is 254 g/mol. The molecule has 0 aliphatic carbocycles. The Labute approximate surface area is 128 Å². The maximum absolute atomic E-state index is 2.53. The van der Waals surface area contributed by atoms with Gasteiger partial charge in [-0.25, -0.2) is 0 Å². The standard InChI is InChI=1S/C20H26N/c1-10-11(2)15(6)19-18(14(10)5)9-21-17(8)13(4)12(3)16(7)20(19)21/h9H2,1-8H3/q+1. The van der Waals surface area contributed by atoms with E-state index in [4.69, 9.17) is 0 Å². The quantitative estimate of drug-likeness (QED) is 0.535. The Morgan fingerprint density at radius 1 is 0.571 bits per heavy atom. The molecule has 110 valence electrons. The highest BCUT2D eigenvalue weighted by atomic mass is 15.0. The highest BCUT2D eigenvalue weighted by Gasteiger charge is 2.35. The van der Waals surface area contributed by atoms with E-state index in [9.17, 15) is 0 Å². The van der Waals surface area contributed by atoms with Gasteiger partial charge in [0.25, 0.3) is 0 Å². The lowest BCUT2D eigenvalue weighted by Gasteiger charge is -2.14. The summed E-state index contributed by atoms with van der Waals surface area (Å²) in [5.74, 6) is 0. The normalized spacial score (nSPS) is 12.6. The van der Waals surface area contributed by atoms with Crippen LogP contribution in [0.3, 0.4) is 0 Å². The molecule has 0 fully saturated rings. The Balaban J connectivity index is 2.49. The third-order valence-corrected chi connectivity index (χ3v) is 6.07. The van der Waals surface area contributed by atoms with E-state index in [0.717, 1.165) is 6.54 Å². The van der Waals surface area contributed by atoms with E-state index < -0.39 is 0 Å². The number of pyridine rings is 1. The van der Waals surface area contributed by atoms with Crippen molar-refractivity contribution in [1.29, 1.82) is 0 Å². The Bertz CT molecular complexity index is 727. The van der Waals surface area contributed by atoms with Gasteiger partial charge in [-0.15, -0.1) is 0 Å². The summed E-state index contributed by atoms with van der Waals surface area (Å²) >= 11 is 0. The number of benzene rings is 1. The predicted molar refractivity (Wildman–Crippen MR) is 89.1 cm³/mol. The second-order valence-electron chi connectivity index (χ2n) is 6.75. The van der Waals surface area contributed by atoms with Crippen LogP contribution in [-0.2, 0) is 6.54 Å². The number of fused-ring (bicyclic) bond motifs is 3. The summed E-state index contributed by atoms with van der Waals surface area (Å²) in [6, 6.07) is 0. The number of aromatic nitrogens is 1. The first-order chi connectivity index (χ1) is 9.77. The lowest BCUT2D eigenvalue weighted by atomic mass is 9.87. The molecule has 2 aromatic rings. The minimum absolute atomic E-state index is 1.03. The van der Waals surface area contributed by atoms with E-state index in [0.29, 0.717) is 0 Å². The molecular formula is C20H26N+. The molecule has 1 aliphatic heterocycles. The summed E-state index contributed by atoms with van der Waals surface area (Å²) in [5.41, 5.74) is 16.1. The zero-order valence-electron chi connectivity index (χ0n) is 14.7. The van der Waals surface area contributed by atoms with Crippen molar-refractivity contribution in [2.45, 2.75) is 61.9 Å². The molecule has 0 spiro atoms.